The highest BCUT2D eigenvalue weighted by molar-refractivity contribution is 5.81. The zero-order valence-corrected chi connectivity index (χ0v) is 13.5. The third kappa shape index (κ3) is 3.08. The van der Waals surface area contributed by atoms with Gasteiger partial charge in [-0.15, -0.1) is 0 Å². The first-order chi connectivity index (χ1) is 11.2. The summed E-state index contributed by atoms with van der Waals surface area (Å²) in [7, 11) is 0. The van der Waals surface area contributed by atoms with Crippen LogP contribution >= 0.6 is 0 Å². The molecule has 1 N–H and O–H groups in total. The van der Waals surface area contributed by atoms with Crippen molar-refractivity contribution in [2.24, 2.45) is 5.92 Å². The SMILES string of the molecule is O=C(C1CC1)N1C[C@@H](O)[C@H](N2CCN(c3ccccc3)CC2)C1. The second-order valence-electron chi connectivity index (χ2n) is 7.01. The first kappa shape index (κ1) is 15.0. The molecule has 2 saturated heterocycles. The first-order valence-corrected chi connectivity index (χ1v) is 8.73. The van der Waals surface area contributed by atoms with Gasteiger partial charge in [0.2, 0.25) is 5.91 Å². The molecule has 4 rings (SSSR count). The van der Waals surface area contributed by atoms with E-state index < -0.39 is 6.10 Å². The molecule has 2 heterocycles. The van der Waals surface area contributed by atoms with Gasteiger partial charge in [-0.1, -0.05) is 18.2 Å². The quantitative estimate of drug-likeness (QED) is 0.896. The number of aliphatic hydroxyl groups excluding tert-OH is 1. The summed E-state index contributed by atoms with van der Waals surface area (Å²) in [5.41, 5.74) is 1.27. The number of para-hydroxylation sites is 1. The van der Waals surface area contributed by atoms with Gasteiger partial charge in [0.15, 0.2) is 0 Å². The van der Waals surface area contributed by atoms with Crippen LogP contribution < -0.4 is 4.90 Å². The van der Waals surface area contributed by atoms with E-state index in [0.717, 1.165) is 39.0 Å². The zero-order valence-electron chi connectivity index (χ0n) is 13.5. The predicted octanol–water partition coefficient (Wildman–Crippen LogP) is 0.790. The molecule has 0 radical (unpaired) electrons. The Kier molecular flexibility index (Phi) is 3.99. The Balaban J connectivity index is 1.34. The molecule has 1 aliphatic carbocycles. The maximum absolute atomic E-state index is 12.2. The predicted molar refractivity (Wildman–Crippen MR) is 89.3 cm³/mol. The number of carbonyl (C=O) groups is 1. The zero-order chi connectivity index (χ0) is 15.8. The monoisotopic (exact) mass is 315 g/mol. The number of amides is 1. The van der Waals surface area contributed by atoms with E-state index in [4.69, 9.17) is 0 Å². The number of hydrogen-bond donors (Lipinski definition) is 1. The molecule has 2 aliphatic heterocycles. The smallest absolute Gasteiger partial charge is 0.225 e. The van der Waals surface area contributed by atoms with Crippen molar-refractivity contribution in [1.29, 1.82) is 0 Å². The first-order valence-electron chi connectivity index (χ1n) is 8.73. The highest BCUT2D eigenvalue weighted by atomic mass is 16.3. The van der Waals surface area contributed by atoms with E-state index in [-0.39, 0.29) is 17.9 Å². The number of carbonyl (C=O) groups excluding carboxylic acids is 1. The van der Waals surface area contributed by atoms with Gasteiger partial charge in [0.25, 0.3) is 0 Å². The van der Waals surface area contributed by atoms with Gasteiger partial charge in [0.05, 0.1) is 12.1 Å². The molecule has 1 saturated carbocycles. The summed E-state index contributed by atoms with van der Waals surface area (Å²) in [6.07, 6.45) is 1.67. The van der Waals surface area contributed by atoms with E-state index in [0.29, 0.717) is 13.1 Å². The molecular formula is C18H25N3O2. The number of rotatable bonds is 3. The average molecular weight is 315 g/mol. The van der Waals surface area contributed by atoms with Gasteiger partial charge >= 0.3 is 0 Å². The largest absolute Gasteiger partial charge is 0.390 e. The normalized spacial score (nSPS) is 29.1. The molecule has 0 unspecified atom stereocenters. The van der Waals surface area contributed by atoms with Crippen LogP contribution in [0.2, 0.25) is 0 Å². The summed E-state index contributed by atoms with van der Waals surface area (Å²) >= 11 is 0. The molecule has 3 fully saturated rings. The van der Waals surface area contributed by atoms with Crippen molar-refractivity contribution in [3.63, 3.8) is 0 Å². The molecule has 1 amide bonds. The van der Waals surface area contributed by atoms with Gasteiger partial charge in [-0.05, 0) is 25.0 Å². The highest BCUT2D eigenvalue weighted by Gasteiger charge is 2.42. The van der Waals surface area contributed by atoms with Crippen molar-refractivity contribution in [2.45, 2.75) is 25.0 Å². The Labute approximate surface area is 137 Å². The summed E-state index contributed by atoms with van der Waals surface area (Å²) in [6, 6.07) is 10.6. The van der Waals surface area contributed by atoms with E-state index in [1.165, 1.54) is 5.69 Å². The van der Waals surface area contributed by atoms with E-state index >= 15 is 0 Å². The van der Waals surface area contributed by atoms with E-state index in [9.17, 15) is 9.90 Å². The molecule has 2 atom stereocenters. The second-order valence-corrected chi connectivity index (χ2v) is 7.01. The van der Waals surface area contributed by atoms with Crippen molar-refractivity contribution in [2.75, 3.05) is 44.2 Å². The molecule has 1 aromatic rings. The summed E-state index contributed by atoms with van der Waals surface area (Å²) < 4.78 is 0. The Morgan fingerprint density at radius 2 is 1.70 bits per heavy atom. The molecule has 0 aromatic heterocycles. The van der Waals surface area contributed by atoms with Crippen LogP contribution in [0.15, 0.2) is 30.3 Å². The third-order valence-corrected chi connectivity index (χ3v) is 5.40. The minimum absolute atomic E-state index is 0.107. The molecule has 1 aromatic carbocycles. The fraction of sp³-hybridized carbons (Fsp3) is 0.611. The Morgan fingerprint density at radius 1 is 1.00 bits per heavy atom. The lowest BCUT2D eigenvalue weighted by Crippen LogP contribution is -2.53. The lowest BCUT2D eigenvalue weighted by Gasteiger charge is -2.39. The van der Waals surface area contributed by atoms with Crippen LogP contribution in [0.3, 0.4) is 0 Å². The van der Waals surface area contributed by atoms with Crippen molar-refractivity contribution in [3.05, 3.63) is 30.3 Å². The van der Waals surface area contributed by atoms with Gasteiger partial charge in [-0.2, -0.15) is 0 Å². The van der Waals surface area contributed by atoms with E-state index in [1.807, 2.05) is 11.0 Å². The lowest BCUT2D eigenvalue weighted by atomic mass is 10.1. The topological polar surface area (TPSA) is 47.0 Å². The number of nitrogens with zero attached hydrogens (tertiary/aromatic N) is 3. The summed E-state index contributed by atoms with van der Waals surface area (Å²) in [6.45, 7) is 5.05. The molecule has 124 valence electrons. The molecule has 23 heavy (non-hydrogen) atoms. The van der Waals surface area contributed by atoms with Gasteiger partial charge < -0.3 is 14.9 Å². The van der Waals surface area contributed by atoms with Crippen molar-refractivity contribution in [3.8, 4) is 0 Å². The Morgan fingerprint density at radius 3 is 2.35 bits per heavy atom. The molecule has 3 aliphatic rings. The minimum atomic E-state index is -0.402. The number of likely N-dealkylation sites (tertiary alicyclic amines) is 1. The van der Waals surface area contributed by atoms with Crippen LogP contribution in [0.5, 0.6) is 0 Å². The Hall–Kier alpha value is -1.59. The summed E-state index contributed by atoms with van der Waals surface area (Å²) in [5.74, 6) is 0.505. The van der Waals surface area contributed by atoms with Crippen LogP contribution in [0.25, 0.3) is 0 Å². The number of hydrogen-bond acceptors (Lipinski definition) is 4. The summed E-state index contributed by atoms with van der Waals surface area (Å²) in [4.78, 5) is 18.9. The van der Waals surface area contributed by atoms with Gasteiger partial charge in [0, 0.05) is 50.9 Å². The highest BCUT2D eigenvalue weighted by Crippen LogP contribution is 2.33. The second kappa shape index (κ2) is 6.13. The number of benzene rings is 1. The number of aliphatic hydroxyl groups is 1. The minimum Gasteiger partial charge on any atom is -0.390 e. The fourth-order valence-corrected chi connectivity index (χ4v) is 3.85. The molecular weight excluding hydrogens is 290 g/mol. The van der Waals surface area contributed by atoms with Crippen LogP contribution in [-0.2, 0) is 4.79 Å². The lowest BCUT2D eigenvalue weighted by molar-refractivity contribution is -0.131. The van der Waals surface area contributed by atoms with Gasteiger partial charge in [-0.25, -0.2) is 0 Å². The van der Waals surface area contributed by atoms with Gasteiger partial charge in [-0.3, -0.25) is 9.69 Å². The maximum Gasteiger partial charge on any atom is 0.225 e. The van der Waals surface area contributed by atoms with Crippen molar-refractivity contribution >= 4 is 11.6 Å². The number of β-amino-alcohol motifs (C(OH)–C–C–N with tert-alkyl or cyclic N) is 1. The molecule has 0 spiro atoms. The number of anilines is 1. The van der Waals surface area contributed by atoms with Crippen LogP contribution in [0.4, 0.5) is 5.69 Å². The van der Waals surface area contributed by atoms with Crippen LogP contribution in [0, 0.1) is 5.92 Å². The van der Waals surface area contributed by atoms with Crippen LogP contribution in [-0.4, -0.2) is 72.2 Å². The van der Waals surface area contributed by atoms with Crippen LogP contribution in [0.1, 0.15) is 12.8 Å². The van der Waals surface area contributed by atoms with Crippen molar-refractivity contribution < 1.29 is 9.90 Å². The third-order valence-electron chi connectivity index (χ3n) is 5.40. The maximum atomic E-state index is 12.2. The Bertz CT molecular complexity index is 553. The fourth-order valence-electron chi connectivity index (χ4n) is 3.85. The molecule has 5 nitrogen and oxygen atoms in total. The van der Waals surface area contributed by atoms with Gasteiger partial charge in [0.1, 0.15) is 0 Å². The van der Waals surface area contributed by atoms with E-state index in [2.05, 4.69) is 34.1 Å². The van der Waals surface area contributed by atoms with E-state index in [1.54, 1.807) is 0 Å². The summed E-state index contributed by atoms with van der Waals surface area (Å²) in [5, 5.41) is 10.4. The number of piperazine rings is 1. The molecule has 0 bridgehead atoms. The molecule has 5 heteroatoms. The van der Waals surface area contributed by atoms with Crippen molar-refractivity contribution in [1.82, 2.24) is 9.80 Å². The average Bonchev–Trinajstić information content (AvgIpc) is 3.37. The standard InChI is InChI=1S/C18H25N3O2/c22-17-13-21(18(23)14-6-7-14)12-16(17)20-10-8-19(9-11-20)15-4-2-1-3-5-15/h1-5,14,16-17,22H,6-13H2/t16-,17-/m1/s1.